The lowest BCUT2D eigenvalue weighted by atomic mass is 10.1. The van der Waals surface area contributed by atoms with Crippen molar-refractivity contribution in [2.75, 3.05) is 11.9 Å². The number of hydrogen-bond donors (Lipinski definition) is 3. The Morgan fingerprint density at radius 3 is 2.61 bits per heavy atom. The van der Waals surface area contributed by atoms with E-state index in [1.54, 1.807) is 0 Å². The number of hydrogen-bond acceptors (Lipinski definition) is 5. The summed E-state index contributed by atoms with van der Waals surface area (Å²) in [6.45, 7) is 2.38. The average Bonchev–Trinajstić information content (AvgIpc) is 2.95. The van der Waals surface area contributed by atoms with E-state index >= 15 is 0 Å². The number of ether oxygens (including phenoxy) is 1. The second-order valence-electron chi connectivity index (χ2n) is 6.48. The topological polar surface area (TPSA) is 111 Å². The molecule has 0 saturated carbocycles. The molecule has 2 aromatic carbocycles. The van der Waals surface area contributed by atoms with Gasteiger partial charge in [-0.2, -0.15) is 0 Å². The summed E-state index contributed by atoms with van der Waals surface area (Å²) in [5.41, 5.74) is 8.84. The molecule has 1 unspecified atom stereocenters. The van der Waals surface area contributed by atoms with Crippen LogP contribution in [-0.4, -0.2) is 29.0 Å². The number of carbonyl (C=O) groups excluding carboxylic acids is 3. The van der Waals surface area contributed by atoms with Crippen LogP contribution in [0.2, 0.25) is 0 Å². The van der Waals surface area contributed by atoms with E-state index in [-0.39, 0.29) is 16.4 Å². The molecular formula is C20H21N3O4S. The maximum Gasteiger partial charge on any atom is 0.316 e. The number of nitrogens with two attached hydrogens (primary N) is 1. The second-order valence-corrected chi connectivity index (χ2v) is 7.66. The highest BCUT2D eigenvalue weighted by Gasteiger charge is 2.31. The molecule has 7 nitrogen and oxygen atoms in total. The number of carbonyl (C=O) groups is 3. The normalized spacial score (nSPS) is 16.0. The van der Waals surface area contributed by atoms with Gasteiger partial charge in [0.05, 0.1) is 11.9 Å². The summed E-state index contributed by atoms with van der Waals surface area (Å²) in [6, 6.07) is 12.6. The second kappa shape index (κ2) is 8.79. The number of primary amides is 1. The van der Waals surface area contributed by atoms with Crippen LogP contribution in [0.5, 0.6) is 5.75 Å². The molecule has 0 radical (unpaired) electrons. The summed E-state index contributed by atoms with van der Waals surface area (Å²) in [7, 11) is 0. The number of urea groups is 1. The quantitative estimate of drug-likeness (QED) is 0.663. The molecule has 1 atom stereocenters. The minimum absolute atomic E-state index is 0.242. The van der Waals surface area contributed by atoms with Crippen LogP contribution in [-0.2, 0) is 17.6 Å². The minimum atomic E-state index is -0.598. The predicted molar refractivity (Wildman–Crippen MR) is 109 cm³/mol. The summed E-state index contributed by atoms with van der Waals surface area (Å²) < 4.78 is 5.78. The fourth-order valence-electron chi connectivity index (χ4n) is 2.90. The van der Waals surface area contributed by atoms with E-state index in [4.69, 9.17) is 10.5 Å². The van der Waals surface area contributed by atoms with E-state index in [9.17, 15) is 14.4 Å². The standard InChI is InChI=1S/C20H21N3O4S/c1-12-2-5-14(16(10-12)22-19(21)25)8-9-27-15-6-3-13(4-7-15)11-17-18(24)23-20(26)28-17/h2-7,10,17H,8-9,11H2,1H3,(H3,21,22,25)(H,23,24,26). The van der Waals surface area contributed by atoms with Crippen LogP contribution in [0.1, 0.15) is 16.7 Å². The Morgan fingerprint density at radius 2 is 1.96 bits per heavy atom. The molecule has 1 aliphatic rings. The number of amides is 4. The first-order chi connectivity index (χ1) is 13.4. The van der Waals surface area contributed by atoms with E-state index in [2.05, 4.69) is 10.6 Å². The first-order valence-corrected chi connectivity index (χ1v) is 9.68. The number of aryl methyl sites for hydroxylation is 1. The summed E-state index contributed by atoms with van der Waals surface area (Å²) in [5, 5.41) is 4.25. The number of imide groups is 1. The van der Waals surface area contributed by atoms with Crippen molar-refractivity contribution >= 4 is 34.6 Å². The third-order valence-electron chi connectivity index (χ3n) is 4.27. The summed E-state index contributed by atoms with van der Waals surface area (Å²) in [4.78, 5) is 34.0. The van der Waals surface area contributed by atoms with Crippen LogP contribution in [0.4, 0.5) is 15.3 Å². The molecule has 146 valence electrons. The van der Waals surface area contributed by atoms with E-state index in [1.165, 1.54) is 0 Å². The lowest BCUT2D eigenvalue weighted by Crippen LogP contribution is -2.25. The number of thioether (sulfide) groups is 1. The molecular weight excluding hydrogens is 378 g/mol. The molecule has 4 N–H and O–H groups in total. The van der Waals surface area contributed by atoms with E-state index < -0.39 is 6.03 Å². The SMILES string of the molecule is Cc1ccc(CCOc2ccc(CC3SC(=O)NC3=O)cc2)c(NC(N)=O)c1. The third kappa shape index (κ3) is 5.26. The lowest BCUT2D eigenvalue weighted by molar-refractivity contribution is -0.118. The van der Waals surface area contributed by atoms with Crippen molar-refractivity contribution in [2.45, 2.75) is 25.0 Å². The Labute approximate surface area is 167 Å². The van der Waals surface area contributed by atoms with Crippen molar-refractivity contribution in [2.24, 2.45) is 5.73 Å². The Hall–Kier alpha value is -3.00. The molecule has 1 heterocycles. The van der Waals surface area contributed by atoms with Gasteiger partial charge < -0.3 is 15.8 Å². The summed E-state index contributed by atoms with van der Waals surface area (Å²) in [5.74, 6) is 0.466. The summed E-state index contributed by atoms with van der Waals surface area (Å²) in [6.07, 6.45) is 1.10. The van der Waals surface area contributed by atoms with E-state index in [0.717, 1.165) is 28.5 Å². The first-order valence-electron chi connectivity index (χ1n) is 8.80. The van der Waals surface area contributed by atoms with Crippen LogP contribution in [0.3, 0.4) is 0 Å². The Bertz CT molecular complexity index is 899. The molecule has 2 aromatic rings. The summed E-state index contributed by atoms with van der Waals surface area (Å²) >= 11 is 1.02. The van der Waals surface area contributed by atoms with Crippen molar-refractivity contribution in [1.82, 2.24) is 5.32 Å². The van der Waals surface area contributed by atoms with Gasteiger partial charge in [0.25, 0.3) is 5.24 Å². The highest BCUT2D eigenvalue weighted by Crippen LogP contribution is 2.24. The van der Waals surface area contributed by atoms with Crippen LogP contribution >= 0.6 is 11.8 Å². The first kappa shape index (κ1) is 19.8. The number of benzene rings is 2. The van der Waals surface area contributed by atoms with Gasteiger partial charge in [-0.3, -0.25) is 14.9 Å². The van der Waals surface area contributed by atoms with Gasteiger partial charge in [-0.05, 0) is 48.2 Å². The van der Waals surface area contributed by atoms with Gasteiger partial charge in [0, 0.05) is 12.1 Å². The van der Waals surface area contributed by atoms with Crippen molar-refractivity contribution in [1.29, 1.82) is 0 Å². The number of rotatable bonds is 7. The third-order valence-corrected chi connectivity index (χ3v) is 5.26. The fourth-order valence-corrected chi connectivity index (χ4v) is 3.76. The lowest BCUT2D eigenvalue weighted by Gasteiger charge is -2.12. The Kier molecular flexibility index (Phi) is 6.20. The highest BCUT2D eigenvalue weighted by atomic mass is 32.2. The van der Waals surface area contributed by atoms with Gasteiger partial charge in [0.2, 0.25) is 5.91 Å². The molecule has 28 heavy (non-hydrogen) atoms. The van der Waals surface area contributed by atoms with Crippen molar-refractivity contribution in [3.05, 3.63) is 59.2 Å². The monoisotopic (exact) mass is 399 g/mol. The molecule has 0 aromatic heterocycles. The van der Waals surface area contributed by atoms with Gasteiger partial charge in [-0.15, -0.1) is 0 Å². The van der Waals surface area contributed by atoms with Crippen LogP contribution in [0.15, 0.2) is 42.5 Å². The van der Waals surface area contributed by atoms with Crippen LogP contribution in [0, 0.1) is 6.92 Å². The van der Waals surface area contributed by atoms with Crippen LogP contribution in [0.25, 0.3) is 0 Å². The van der Waals surface area contributed by atoms with E-state index in [1.807, 2.05) is 49.4 Å². The van der Waals surface area contributed by atoms with Gasteiger partial charge in [0.15, 0.2) is 0 Å². The van der Waals surface area contributed by atoms with Gasteiger partial charge in [0.1, 0.15) is 5.75 Å². The molecule has 0 bridgehead atoms. The molecule has 8 heteroatoms. The molecule has 1 fully saturated rings. The average molecular weight is 399 g/mol. The smallest absolute Gasteiger partial charge is 0.316 e. The predicted octanol–water partition coefficient (Wildman–Crippen LogP) is 3.00. The van der Waals surface area contributed by atoms with Gasteiger partial charge in [-0.1, -0.05) is 36.0 Å². The van der Waals surface area contributed by atoms with Crippen molar-refractivity contribution in [3.63, 3.8) is 0 Å². The number of nitrogens with one attached hydrogen (secondary N) is 2. The van der Waals surface area contributed by atoms with E-state index in [0.29, 0.717) is 30.9 Å². The zero-order chi connectivity index (χ0) is 20.1. The molecule has 0 aliphatic carbocycles. The maximum atomic E-state index is 11.6. The fraction of sp³-hybridized carbons (Fsp3) is 0.250. The minimum Gasteiger partial charge on any atom is -0.493 e. The zero-order valence-electron chi connectivity index (χ0n) is 15.4. The molecule has 1 aliphatic heterocycles. The number of anilines is 1. The Morgan fingerprint density at radius 1 is 1.21 bits per heavy atom. The zero-order valence-corrected chi connectivity index (χ0v) is 16.2. The van der Waals surface area contributed by atoms with Crippen LogP contribution < -0.4 is 21.1 Å². The van der Waals surface area contributed by atoms with Gasteiger partial charge >= 0.3 is 6.03 Å². The van der Waals surface area contributed by atoms with Crippen molar-refractivity contribution in [3.8, 4) is 5.75 Å². The van der Waals surface area contributed by atoms with Crippen molar-refractivity contribution < 1.29 is 19.1 Å². The van der Waals surface area contributed by atoms with Gasteiger partial charge in [-0.25, -0.2) is 4.79 Å². The highest BCUT2D eigenvalue weighted by molar-refractivity contribution is 8.15. The maximum absolute atomic E-state index is 11.6. The molecule has 3 rings (SSSR count). The largest absolute Gasteiger partial charge is 0.493 e. The molecule has 0 spiro atoms. The Balaban J connectivity index is 1.54. The molecule has 1 saturated heterocycles. The molecule has 4 amide bonds.